The van der Waals surface area contributed by atoms with Gasteiger partial charge in [0.1, 0.15) is 0 Å². The Hall–Kier alpha value is -0.650. The van der Waals surface area contributed by atoms with Gasteiger partial charge in [-0.15, -0.1) is 0 Å². The van der Waals surface area contributed by atoms with Crippen LogP contribution in [0.15, 0.2) is 0 Å². The molecule has 1 fully saturated rings. The predicted molar refractivity (Wildman–Crippen MR) is 65.7 cm³/mol. The van der Waals surface area contributed by atoms with Gasteiger partial charge >= 0.3 is 0 Å². The Morgan fingerprint density at radius 1 is 1.47 bits per heavy atom. The van der Waals surface area contributed by atoms with Crippen molar-refractivity contribution in [3.05, 3.63) is 0 Å². The number of carbonyl (C=O) groups excluding carboxylic acids is 1. The van der Waals surface area contributed by atoms with Gasteiger partial charge in [0.05, 0.1) is 12.7 Å². The number of hydrogen-bond acceptors (Lipinski definition) is 4. The zero-order valence-electron chi connectivity index (χ0n) is 10.5. The van der Waals surface area contributed by atoms with Crippen LogP contribution in [-0.2, 0) is 14.3 Å². The summed E-state index contributed by atoms with van der Waals surface area (Å²) in [5, 5.41) is 2.88. The summed E-state index contributed by atoms with van der Waals surface area (Å²) in [6.07, 6.45) is 4.77. The molecule has 0 radical (unpaired) electrons. The van der Waals surface area contributed by atoms with Crippen LogP contribution in [0, 0.1) is 0 Å². The van der Waals surface area contributed by atoms with Crippen molar-refractivity contribution in [3.63, 3.8) is 0 Å². The van der Waals surface area contributed by atoms with Crippen molar-refractivity contribution < 1.29 is 14.3 Å². The fraction of sp³-hybridized carbons (Fsp3) is 0.917. The van der Waals surface area contributed by atoms with Crippen molar-refractivity contribution in [2.75, 3.05) is 32.9 Å². The molecule has 3 N–H and O–H groups in total. The molecule has 0 aromatic rings. The third-order valence-corrected chi connectivity index (χ3v) is 2.77. The molecule has 0 spiro atoms. The minimum absolute atomic E-state index is 0.110. The summed E-state index contributed by atoms with van der Waals surface area (Å²) >= 11 is 0. The fourth-order valence-corrected chi connectivity index (χ4v) is 1.84. The highest BCUT2D eigenvalue weighted by Crippen LogP contribution is 2.16. The molecule has 5 nitrogen and oxygen atoms in total. The molecule has 0 saturated carbocycles. The first kappa shape index (κ1) is 14.4. The first-order valence-corrected chi connectivity index (χ1v) is 6.49. The summed E-state index contributed by atoms with van der Waals surface area (Å²) in [6.45, 7) is 3.32. The van der Waals surface area contributed by atoms with Crippen LogP contribution in [0.25, 0.3) is 0 Å². The van der Waals surface area contributed by atoms with Crippen molar-refractivity contribution in [2.45, 2.75) is 38.2 Å². The van der Waals surface area contributed by atoms with Crippen LogP contribution < -0.4 is 11.1 Å². The molecule has 17 heavy (non-hydrogen) atoms. The molecule has 0 bridgehead atoms. The Labute approximate surface area is 103 Å². The Morgan fingerprint density at radius 3 is 3.06 bits per heavy atom. The largest absolute Gasteiger partial charge is 0.380 e. The second-order valence-electron chi connectivity index (χ2n) is 4.28. The molecule has 1 amide bonds. The van der Waals surface area contributed by atoms with Gasteiger partial charge in [-0.1, -0.05) is 0 Å². The van der Waals surface area contributed by atoms with E-state index < -0.39 is 0 Å². The molecule has 1 unspecified atom stereocenters. The van der Waals surface area contributed by atoms with E-state index in [1.807, 2.05) is 0 Å². The minimum atomic E-state index is 0.110. The summed E-state index contributed by atoms with van der Waals surface area (Å²) in [7, 11) is 0. The maximum atomic E-state index is 11.5. The van der Waals surface area contributed by atoms with Gasteiger partial charge in [0.2, 0.25) is 5.91 Å². The topological polar surface area (TPSA) is 73.6 Å². The van der Waals surface area contributed by atoms with Gasteiger partial charge in [0, 0.05) is 32.7 Å². The van der Waals surface area contributed by atoms with E-state index in [1.54, 1.807) is 0 Å². The van der Waals surface area contributed by atoms with E-state index in [4.69, 9.17) is 15.2 Å². The molecule has 1 aliphatic heterocycles. The smallest absolute Gasteiger partial charge is 0.220 e. The summed E-state index contributed by atoms with van der Waals surface area (Å²) in [5.74, 6) is 0.110. The quantitative estimate of drug-likeness (QED) is 0.577. The normalized spacial score (nSPS) is 19.5. The number of ether oxygens (including phenoxy) is 2. The van der Waals surface area contributed by atoms with Gasteiger partial charge in [-0.3, -0.25) is 4.79 Å². The van der Waals surface area contributed by atoms with E-state index in [2.05, 4.69) is 5.32 Å². The number of carbonyl (C=O) groups is 1. The number of rotatable bonds is 9. The standard InChI is InChI=1S/C12H24N2O3/c13-6-10-16-8-2-7-14-12(15)5-4-11-3-1-9-17-11/h11H,1-10,13H2,(H,14,15). The molecule has 0 aromatic carbocycles. The van der Waals surface area contributed by atoms with Gasteiger partial charge in [-0.2, -0.15) is 0 Å². The maximum absolute atomic E-state index is 11.5. The zero-order valence-corrected chi connectivity index (χ0v) is 10.5. The fourth-order valence-electron chi connectivity index (χ4n) is 1.84. The van der Waals surface area contributed by atoms with E-state index in [0.29, 0.717) is 38.8 Å². The summed E-state index contributed by atoms with van der Waals surface area (Å²) in [4.78, 5) is 11.5. The summed E-state index contributed by atoms with van der Waals surface area (Å²) in [6, 6.07) is 0. The number of nitrogens with one attached hydrogen (secondary N) is 1. The summed E-state index contributed by atoms with van der Waals surface area (Å²) < 4.78 is 10.7. The number of amides is 1. The average Bonchev–Trinajstić information content (AvgIpc) is 2.84. The second-order valence-corrected chi connectivity index (χ2v) is 4.28. The van der Waals surface area contributed by atoms with Gasteiger partial charge in [-0.05, 0) is 25.7 Å². The maximum Gasteiger partial charge on any atom is 0.220 e. The minimum Gasteiger partial charge on any atom is -0.380 e. The Kier molecular flexibility index (Phi) is 7.96. The van der Waals surface area contributed by atoms with Crippen LogP contribution in [0.5, 0.6) is 0 Å². The monoisotopic (exact) mass is 244 g/mol. The number of hydrogen-bond donors (Lipinski definition) is 2. The lowest BCUT2D eigenvalue weighted by atomic mass is 10.1. The Morgan fingerprint density at radius 2 is 2.35 bits per heavy atom. The van der Waals surface area contributed by atoms with Gasteiger partial charge in [0.25, 0.3) is 0 Å². The Bertz CT molecular complexity index is 206. The van der Waals surface area contributed by atoms with Gasteiger partial charge in [-0.25, -0.2) is 0 Å². The van der Waals surface area contributed by atoms with E-state index in [-0.39, 0.29) is 5.91 Å². The first-order valence-electron chi connectivity index (χ1n) is 6.49. The lowest BCUT2D eigenvalue weighted by Gasteiger charge is -2.09. The first-order chi connectivity index (χ1) is 8.33. The molecule has 0 aliphatic carbocycles. The van der Waals surface area contributed by atoms with Crippen molar-refractivity contribution >= 4 is 5.91 Å². The molecular weight excluding hydrogens is 220 g/mol. The van der Waals surface area contributed by atoms with Crippen LogP contribution in [0.1, 0.15) is 32.1 Å². The molecule has 5 heteroatoms. The highest BCUT2D eigenvalue weighted by atomic mass is 16.5. The van der Waals surface area contributed by atoms with Crippen molar-refractivity contribution in [1.82, 2.24) is 5.32 Å². The van der Waals surface area contributed by atoms with Gasteiger partial charge < -0.3 is 20.5 Å². The highest BCUT2D eigenvalue weighted by molar-refractivity contribution is 5.75. The molecule has 1 heterocycles. The SMILES string of the molecule is NCCOCCCNC(=O)CCC1CCCO1. The molecule has 1 aliphatic rings. The van der Waals surface area contributed by atoms with Crippen LogP contribution >= 0.6 is 0 Å². The Balaban J connectivity index is 1.87. The van der Waals surface area contributed by atoms with Crippen molar-refractivity contribution in [3.8, 4) is 0 Å². The van der Waals surface area contributed by atoms with Gasteiger partial charge in [0.15, 0.2) is 0 Å². The third-order valence-electron chi connectivity index (χ3n) is 2.77. The lowest BCUT2D eigenvalue weighted by molar-refractivity contribution is -0.121. The van der Waals surface area contributed by atoms with E-state index in [0.717, 1.165) is 32.3 Å². The average molecular weight is 244 g/mol. The second kappa shape index (κ2) is 9.39. The van der Waals surface area contributed by atoms with Crippen LogP contribution in [0.2, 0.25) is 0 Å². The molecule has 0 aromatic heterocycles. The predicted octanol–water partition coefficient (Wildman–Crippen LogP) is 0.427. The highest BCUT2D eigenvalue weighted by Gasteiger charge is 2.16. The van der Waals surface area contributed by atoms with E-state index in [9.17, 15) is 4.79 Å². The van der Waals surface area contributed by atoms with Crippen LogP contribution in [0.4, 0.5) is 0 Å². The van der Waals surface area contributed by atoms with Crippen LogP contribution in [-0.4, -0.2) is 44.9 Å². The zero-order chi connectivity index (χ0) is 12.3. The molecule has 1 atom stereocenters. The molecule has 1 rings (SSSR count). The summed E-state index contributed by atoms with van der Waals surface area (Å²) in [5.41, 5.74) is 5.28. The van der Waals surface area contributed by atoms with Crippen molar-refractivity contribution in [2.24, 2.45) is 5.73 Å². The number of nitrogens with two attached hydrogens (primary N) is 1. The lowest BCUT2D eigenvalue weighted by Crippen LogP contribution is -2.26. The molecule has 100 valence electrons. The third kappa shape index (κ3) is 7.31. The van der Waals surface area contributed by atoms with E-state index in [1.165, 1.54) is 0 Å². The van der Waals surface area contributed by atoms with E-state index >= 15 is 0 Å². The van der Waals surface area contributed by atoms with Crippen molar-refractivity contribution in [1.29, 1.82) is 0 Å². The molecule has 1 saturated heterocycles. The molecular formula is C12H24N2O3. The van der Waals surface area contributed by atoms with Crippen LogP contribution in [0.3, 0.4) is 0 Å².